The lowest BCUT2D eigenvalue weighted by molar-refractivity contribution is -0.384. The maximum Gasteiger partial charge on any atom is 0.293 e. The van der Waals surface area contributed by atoms with E-state index in [0.717, 1.165) is 19.3 Å². The molecule has 0 bridgehead atoms. The summed E-state index contributed by atoms with van der Waals surface area (Å²) in [7, 11) is 0. The number of halogens is 2. The molecule has 1 atom stereocenters. The van der Waals surface area contributed by atoms with Gasteiger partial charge in [-0.15, -0.1) is 0 Å². The Kier molecular flexibility index (Phi) is 4.93. The Balaban J connectivity index is 2.35. The van der Waals surface area contributed by atoms with Gasteiger partial charge in [-0.25, -0.2) is 4.39 Å². The van der Waals surface area contributed by atoms with Crippen molar-refractivity contribution in [1.29, 1.82) is 0 Å². The lowest BCUT2D eigenvalue weighted by Gasteiger charge is -2.26. The minimum atomic E-state index is -0.501. The fraction of sp³-hybridized carbons (Fsp3) is 0.538. The zero-order valence-electron chi connectivity index (χ0n) is 10.9. The SMILES string of the molecule is O=[N+]([O-])c1cc(Br)c(F)cc1N1CCCC1CCCO. The Hall–Kier alpha value is -1.21. The molecule has 1 unspecified atom stereocenters. The van der Waals surface area contributed by atoms with Crippen LogP contribution in [0.25, 0.3) is 0 Å². The molecule has 0 aliphatic carbocycles. The third-order valence-electron chi connectivity index (χ3n) is 3.60. The van der Waals surface area contributed by atoms with E-state index in [-0.39, 0.29) is 22.8 Å². The molecule has 0 radical (unpaired) electrons. The molecule has 110 valence electrons. The highest BCUT2D eigenvalue weighted by Gasteiger charge is 2.30. The van der Waals surface area contributed by atoms with Gasteiger partial charge in [0.2, 0.25) is 0 Å². The Morgan fingerprint density at radius 3 is 2.95 bits per heavy atom. The average Bonchev–Trinajstić information content (AvgIpc) is 2.87. The van der Waals surface area contributed by atoms with Gasteiger partial charge in [-0.3, -0.25) is 10.1 Å². The Morgan fingerprint density at radius 2 is 2.30 bits per heavy atom. The van der Waals surface area contributed by atoms with Gasteiger partial charge in [-0.05, 0) is 41.6 Å². The van der Waals surface area contributed by atoms with E-state index in [9.17, 15) is 14.5 Å². The summed E-state index contributed by atoms with van der Waals surface area (Å²) in [4.78, 5) is 12.6. The summed E-state index contributed by atoms with van der Waals surface area (Å²) in [5.41, 5.74) is 0.241. The van der Waals surface area contributed by atoms with Crippen molar-refractivity contribution in [3.05, 3.63) is 32.5 Å². The first-order chi connectivity index (χ1) is 9.54. The fourth-order valence-corrected chi connectivity index (χ4v) is 3.01. The van der Waals surface area contributed by atoms with Crippen LogP contribution in [0.4, 0.5) is 15.8 Å². The van der Waals surface area contributed by atoms with Crippen LogP contribution in [-0.4, -0.2) is 29.2 Å². The number of rotatable bonds is 5. The number of nitrogens with zero attached hydrogens (tertiary/aromatic N) is 2. The fourth-order valence-electron chi connectivity index (χ4n) is 2.68. The molecule has 0 saturated carbocycles. The molecule has 1 heterocycles. The summed E-state index contributed by atoms with van der Waals surface area (Å²) < 4.78 is 13.8. The molecule has 0 spiro atoms. The van der Waals surface area contributed by atoms with Crippen LogP contribution in [-0.2, 0) is 0 Å². The Bertz CT molecular complexity index is 513. The van der Waals surface area contributed by atoms with Crippen molar-refractivity contribution in [2.75, 3.05) is 18.1 Å². The number of nitro benzene ring substituents is 1. The zero-order chi connectivity index (χ0) is 14.7. The largest absolute Gasteiger partial charge is 0.396 e. The van der Waals surface area contributed by atoms with Crippen LogP contribution < -0.4 is 4.90 Å². The quantitative estimate of drug-likeness (QED) is 0.656. The number of hydrogen-bond acceptors (Lipinski definition) is 4. The standard InChI is InChI=1S/C13H16BrFN2O3/c14-10-7-13(17(19)20)12(8-11(10)15)16-5-1-3-9(16)4-2-6-18/h7-9,18H,1-6H2. The summed E-state index contributed by atoms with van der Waals surface area (Å²) in [6.45, 7) is 0.777. The van der Waals surface area contributed by atoms with Crippen molar-refractivity contribution in [2.45, 2.75) is 31.7 Å². The van der Waals surface area contributed by atoms with E-state index in [1.165, 1.54) is 12.1 Å². The van der Waals surface area contributed by atoms with Gasteiger partial charge in [-0.2, -0.15) is 0 Å². The molecule has 1 aliphatic rings. The van der Waals surface area contributed by atoms with Gasteiger partial charge in [0.05, 0.1) is 9.40 Å². The topological polar surface area (TPSA) is 66.6 Å². The van der Waals surface area contributed by atoms with Crippen LogP contribution in [0, 0.1) is 15.9 Å². The van der Waals surface area contributed by atoms with Gasteiger partial charge in [-0.1, -0.05) is 0 Å². The number of anilines is 1. The van der Waals surface area contributed by atoms with Crippen molar-refractivity contribution in [3.8, 4) is 0 Å². The van der Waals surface area contributed by atoms with Gasteiger partial charge in [0.15, 0.2) is 0 Å². The first-order valence-electron chi connectivity index (χ1n) is 6.55. The minimum absolute atomic E-state index is 0.0887. The lowest BCUT2D eigenvalue weighted by Crippen LogP contribution is -2.30. The van der Waals surface area contributed by atoms with E-state index in [1.807, 2.05) is 4.90 Å². The molecule has 1 aromatic carbocycles. The summed E-state index contributed by atoms with van der Waals surface area (Å²) in [5, 5.41) is 20.1. The van der Waals surface area contributed by atoms with E-state index in [0.29, 0.717) is 18.7 Å². The van der Waals surface area contributed by atoms with Crippen LogP contribution >= 0.6 is 15.9 Å². The second-order valence-electron chi connectivity index (χ2n) is 4.87. The van der Waals surface area contributed by atoms with Crippen molar-refractivity contribution in [3.63, 3.8) is 0 Å². The van der Waals surface area contributed by atoms with Crippen molar-refractivity contribution in [2.24, 2.45) is 0 Å². The van der Waals surface area contributed by atoms with Gasteiger partial charge in [0.1, 0.15) is 11.5 Å². The van der Waals surface area contributed by atoms with Crippen molar-refractivity contribution < 1.29 is 14.4 Å². The predicted octanol–water partition coefficient (Wildman–Crippen LogP) is 3.24. The molecule has 1 fully saturated rings. The summed E-state index contributed by atoms with van der Waals surface area (Å²) in [6, 6.07) is 2.56. The minimum Gasteiger partial charge on any atom is -0.396 e. The third-order valence-corrected chi connectivity index (χ3v) is 4.20. The highest BCUT2D eigenvalue weighted by atomic mass is 79.9. The summed E-state index contributed by atoms with van der Waals surface area (Å²) >= 11 is 2.98. The second kappa shape index (κ2) is 6.49. The van der Waals surface area contributed by atoms with Crippen LogP contribution in [0.2, 0.25) is 0 Å². The second-order valence-corrected chi connectivity index (χ2v) is 5.72. The molecule has 0 amide bonds. The normalized spacial score (nSPS) is 18.6. The monoisotopic (exact) mass is 346 g/mol. The van der Waals surface area contributed by atoms with Crippen molar-refractivity contribution >= 4 is 27.3 Å². The summed E-state index contributed by atoms with van der Waals surface area (Å²) in [5.74, 6) is -0.501. The Labute approximate surface area is 124 Å². The molecule has 20 heavy (non-hydrogen) atoms. The molecule has 1 saturated heterocycles. The Morgan fingerprint density at radius 1 is 1.55 bits per heavy atom. The van der Waals surface area contributed by atoms with Gasteiger partial charge >= 0.3 is 0 Å². The third kappa shape index (κ3) is 3.09. The predicted molar refractivity (Wildman–Crippen MR) is 77.4 cm³/mol. The molecule has 2 rings (SSSR count). The zero-order valence-corrected chi connectivity index (χ0v) is 12.5. The molecule has 7 heteroatoms. The van der Waals surface area contributed by atoms with E-state index in [1.54, 1.807) is 0 Å². The van der Waals surface area contributed by atoms with Crippen LogP contribution in [0.1, 0.15) is 25.7 Å². The van der Waals surface area contributed by atoms with Gasteiger partial charge < -0.3 is 10.0 Å². The van der Waals surface area contributed by atoms with Crippen LogP contribution in [0.15, 0.2) is 16.6 Å². The number of hydrogen-bond donors (Lipinski definition) is 1. The number of nitro groups is 1. The molecule has 1 aliphatic heterocycles. The number of aliphatic hydroxyl groups excluding tert-OH is 1. The lowest BCUT2D eigenvalue weighted by atomic mass is 10.1. The van der Waals surface area contributed by atoms with E-state index in [4.69, 9.17) is 5.11 Å². The van der Waals surface area contributed by atoms with Gasteiger partial charge in [0, 0.05) is 31.3 Å². The number of benzene rings is 1. The van der Waals surface area contributed by atoms with E-state index < -0.39 is 10.7 Å². The molecular weight excluding hydrogens is 331 g/mol. The number of aliphatic hydroxyl groups is 1. The smallest absolute Gasteiger partial charge is 0.293 e. The van der Waals surface area contributed by atoms with Crippen molar-refractivity contribution in [1.82, 2.24) is 0 Å². The molecular formula is C13H16BrFN2O3. The molecule has 1 N–H and O–H groups in total. The molecule has 5 nitrogen and oxygen atoms in total. The molecule has 1 aromatic rings. The highest BCUT2D eigenvalue weighted by molar-refractivity contribution is 9.10. The van der Waals surface area contributed by atoms with E-state index in [2.05, 4.69) is 15.9 Å². The maximum absolute atomic E-state index is 13.7. The average molecular weight is 347 g/mol. The van der Waals surface area contributed by atoms with Gasteiger partial charge in [0.25, 0.3) is 5.69 Å². The van der Waals surface area contributed by atoms with E-state index >= 15 is 0 Å². The van der Waals surface area contributed by atoms with Crippen LogP contribution in [0.3, 0.4) is 0 Å². The first kappa shape index (κ1) is 15.2. The molecule has 0 aromatic heterocycles. The highest BCUT2D eigenvalue weighted by Crippen LogP contribution is 2.37. The first-order valence-corrected chi connectivity index (χ1v) is 7.35. The van der Waals surface area contributed by atoms with Crippen LogP contribution in [0.5, 0.6) is 0 Å². The summed E-state index contributed by atoms with van der Waals surface area (Å²) in [6.07, 6.45) is 3.24. The maximum atomic E-state index is 13.7.